The maximum Gasteiger partial charge on any atom is 0.241 e. The van der Waals surface area contributed by atoms with Crippen molar-refractivity contribution in [1.82, 2.24) is 9.62 Å². The average molecular weight is 376 g/mol. The lowest BCUT2D eigenvalue weighted by Crippen LogP contribution is -2.48. The molecule has 1 aromatic rings. The van der Waals surface area contributed by atoms with Gasteiger partial charge in [-0.2, -0.15) is 0 Å². The molecule has 1 unspecified atom stereocenters. The summed E-state index contributed by atoms with van der Waals surface area (Å²) in [6, 6.07) is 6.84. The highest BCUT2D eigenvalue weighted by Gasteiger charge is 2.28. The molecule has 1 amide bonds. The maximum absolute atomic E-state index is 12.3. The standard InChI is InChI=1S/C16H25N3O3S.ClH/c1-3-23(21,22)19-10-8-14(9-11-19)18-16(20)15(17)13-6-4-12(2)5-7-13;/h4-7,14-15H,3,8-11,17H2,1-2H3,(H,18,20);1H. The number of carbonyl (C=O) groups is 1. The van der Waals surface area contributed by atoms with E-state index in [9.17, 15) is 13.2 Å². The lowest BCUT2D eigenvalue weighted by molar-refractivity contribution is -0.123. The van der Waals surface area contributed by atoms with Crippen LogP contribution in [0.5, 0.6) is 0 Å². The summed E-state index contributed by atoms with van der Waals surface area (Å²) < 4.78 is 25.1. The Morgan fingerprint density at radius 1 is 1.29 bits per heavy atom. The molecule has 136 valence electrons. The molecule has 2 rings (SSSR count). The second-order valence-corrected chi connectivity index (χ2v) is 8.23. The van der Waals surface area contributed by atoms with Gasteiger partial charge in [0.05, 0.1) is 5.75 Å². The Labute approximate surface area is 150 Å². The third kappa shape index (κ3) is 5.17. The first-order chi connectivity index (χ1) is 10.8. The number of rotatable bonds is 5. The number of amides is 1. The predicted molar refractivity (Wildman–Crippen MR) is 97.6 cm³/mol. The first-order valence-electron chi connectivity index (χ1n) is 7.94. The molecule has 1 aliphatic heterocycles. The molecule has 0 aromatic heterocycles. The first-order valence-corrected chi connectivity index (χ1v) is 9.54. The topological polar surface area (TPSA) is 92.5 Å². The maximum atomic E-state index is 12.3. The summed E-state index contributed by atoms with van der Waals surface area (Å²) in [6.45, 7) is 4.51. The van der Waals surface area contributed by atoms with Gasteiger partial charge in [-0.25, -0.2) is 12.7 Å². The normalized spacial score (nSPS) is 17.8. The van der Waals surface area contributed by atoms with E-state index in [0.717, 1.165) is 11.1 Å². The van der Waals surface area contributed by atoms with Gasteiger partial charge in [0.15, 0.2) is 0 Å². The zero-order valence-electron chi connectivity index (χ0n) is 14.1. The van der Waals surface area contributed by atoms with Crippen molar-refractivity contribution in [3.05, 3.63) is 35.4 Å². The van der Waals surface area contributed by atoms with Crippen LogP contribution in [0.2, 0.25) is 0 Å². The summed E-state index contributed by atoms with van der Waals surface area (Å²) in [5.41, 5.74) is 7.90. The van der Waals surface area contributed by atoms with E-state index < -0.39 is 16.1 Å². The van der Waals surface area contributed by atoms with Gasteiger partial charge in [-0.3, -0.25) is 4.79 Å². The van der Waals surface area contributed by atoms with Crippen molar-refractivity contribution in [1.29, 1.82) is 0 Å². The van der Waals surface area contributed by atoms with Gasteiger partial charge in [-0.15, -0.1) is 12.4 Å². The number of benzene rings is 1. The van der Waals surface area contributed by atoms with E-state index in [-0.39, 0.29) is 30.1 Å². The van der Waals surface area contributed by atoms with Crippen LogP contribution in [0.4, 0.5) is 0 Å². The molecule has 1 aromatic carbocycles. The molecular weight excluding hydrogens is 350 g/mol. The number of halogens is 1. The third-order valence-corrected chi connectivity index (χ3v) is 6.16. The van der Waals surface area contributed by atoms with Crippen molar-refractivity contribution < 1.29 is 13.2 Å². The zero-order valence-corrected chi connectivity index (χ0v) is 15.7. The van der Waals surface area contributed by atoms with E-state index in [1.165, 1.54) is 4.31 Å². The van der Waals surface area contributed by atoms with Crippen LogP contribution in [0.25, 0.3) is 0 Å². The first kappa shape index (κ1) is 20.9. The fraction of sp³-hybridized carbons (Fsp3) is 0.562. The van der Waals surface area contributed by atoms with E-state index in [1.54, 1.807) is 6.92 Å². The minimum absolute atomic E-state index is 0. The van der Waals surface area contributed by atoms with E-state index in [4.69, 9.17) is 5.73 Å². The molecule has 1 aliphatic rings. The Hall–Kier alpha value is -1.15. The van der Waals surface area contributed by atoms with E-state index in [0.29, 0.717) is 25.9 Å². The van der Waals surface area contributed by atoms with Crippen LogP contribution < -0.4 is 11.1 Å². The fourth-order valence-corrected chi connectivity index (χ4v) is 3.81. The number of nitrogens with zero attached hydrogens (tertiary/aromatic N) is 1. The SMILES string of the molecule is CCS(=O)(=O)N1CCC(NC(=O)C(N)c2ccc(C)cc2)CC1.Cl. The van der Waals surface area contributed by atoms with Gasteiger partial charge in [0.1, 0.15) is 6.04 Å². The second kappa shape index (κ2) is 8.80. The molecule has 1 atom stereocenters. The van der Waals surface area contributed by atoms with E-state index in [1.807, 2.05) is 31.2 Å². The molecule has 1 saturated heterocycles. The van der Waals surface area contributed by atoms with E-state index >= 15 is 0 Å². The second-order valence-electron chi connectivity index (χ2n) is 5.97. The summed E-state index contributed by atoms with van der Waals surface area (Å²) in [7, 11) is -3.14. The Morgan fingerprint density at radius 2 is 1.83 bits per heavy atom. The molecule has 1 heterocycles. The largest absolute Gasteiger partial charge is 0.352 e. The molecule has 0 saturated carbocycles. The molecule has 0 spiro atoms. The highest BCUT2D eigenvalue weighted by atomic mass is 35.5. The van der Waals surface area contributed by atoms with Crippen LogP contribution in [0, 0.1) is 6.92 Å². The minimum atomic E-state index is -3.14. The van der Waals surface area contributed by atoms with Crippen LogP contribution in [0.15, 0.2) is 24.3 Å². The van der Waals surface area contributed by atoms with Crippen LogP contribution in [0.3, 0.4) is 0 Å². The zero-order chi connectivity index (χ0) is 17.0. The van der Waals surface area contributed by atoms with Crippen LogP contribution in [0.1, 0.15) is 36.9 Å². The van der Waals surface area contributed by atoms with Crippen LogP contribution in [-0.4, -0.2) is 43.5 Å². The van der Waals surface area contributed by atoms with Crippen LogP contribution in [-0.2, 0) is 14.8 Å². The molecule has 0 aliphatic carbocycles. The number of hydrogen-bond donors (Lipinski definition) is 2. The molecule has 24 heavy (non-hydrogen) atoms. The van der Waals surface area contributed by atoms with Gasteiger partial charge in [0.2, 0.25) is 15.9 Å². The Bertz CT molecular complexity index is 641. The predicted octanol–water partition coefficient (Wildman–Crippen LogP) is 1.35. The van der Waals surface area contributed by atoms with E-state index in [2.05, 4.69) is 5.32 Å². The van der Waals surface area contributed by atoms with Crippen molar-refractivity contribution in [2.75, 3.05) is 18.8 Å². The van der Waals surface area contributed by atoms with Crippen molar-refractivity contribution in [3.63, 3.8) is 0 Å². The number of nitrogens with two attached hydrogens (primary N) is 1. The van der Waals surface area contributed by atoms with Crippen LogP contribution >= 0.6 is 12.4 Å². The number of carbonyl (C=O) groups excluding carboxylic acids is 1. The number of sulfonamides is 1. The van der Waals surface area contributed by atoms with Gasteiger partial charge in [-0.05, 0) is 32.3 Å². The molecule has 0 radical (unpaired) electrons. The summed E-state index contributed by atoms with van der Waals surface area (Å²) in [6.07, 6.45) is 1.23. The molecule has 1 fully saturated rings. The summed E-state index contributed by atoms with van der Waals surface area (Å²) in [5.74, 6) is -0.104. The Morgan fingerprint density at radius 3 is 2.33 bits per heavy atom. The highest BCUT2D eigenvalue weighted by molar-refractivity contribution is 7.89. The molecule has 8 heteroatoms. The number of aryl methyl sites for hydroxylation is 1. The molecule has 3 N–H and O–H groups in total. The summed E-state index contributed by atoms with van der Waals surface area (Å²) >= 11 is 0. The number of piperidine rings is 1. The Kier molecular flexibility index (Phi) is 7.66. The van der Waals surface area contributed by atoms with Gasteiger partial charge in [0, 0.05) is 19.1 Å². The molecule has 0 bridgehead atoms. The lowest BCUT2D eigenvalue weighted by Gasteiger charge is -2.31. The summed E-state index contributed by atoms with van der Waals surface area (Å²) in [5, 5.41) is 2.94. The smallest absolute Gasteiger partial charge is 0.241 e. The minimum Gasteiger partial charge on any atom is -0.352 e. The van der Waals surface area contributed by atoms with Crippen molar-refractivity contribution >= 4 is 28.3 Å². The van der Waals surface area contributed by atoms with Crippen molar-refractivity contribution in [2.24, 2.45) is 5.73 Å². The molecule has 6 nitrogen and oxygen atoms in total. The monoisotopic (exact) mass is 375 g/mol. The Balaban J connectivity index is 0.00000288. The lowest BCUT2D eigenvalue weighted by atomic mass is 10.0. The fourth-order valence-electron chi connectivity index (χ4n) is 2.68. The highest BCUT2D eigenvalue weighted by Crippen LogP contribution is 2.16. The summed E-state index contributed by atoms with van der Waals surface area (Å²) in [4.78, 5) is 12.3. The van der Waals surface area contributed by atoms with Gasteiger partial charge < -0.3 is 11.1 Å². The quantitative estimate of drug-likeness (QED) is 0.812. The third-order valence-electron chi connectivity index (χ3n) is 4.28. The number of nitrogens with one attached hydrogen (secondary N) is 1. The molecular formula is C16H26ClN3O3S. The van der Waals surface area contributed by atoms with Gasteiger partial charge >= 0.3 is 0 Å². The van der Waals surface area contributed by atoms with Gasteiger partial charge in [0.25, 0.3) is 0 Å². The van der Waals surface area contributed by atoms with Gasteiger partial charge in [-0.1, -0.05) is 29.8 Å². The number of hydrogen-bond acceptors (Lipinski definition) is 4. The van der Waals surface area contributed by atoms with Crippen molar-refractivity contribution in [3.8, 4) is 0 Å². The average Bonchev–Trinajstić information content (AvgIpc) is 2.55. The van der Waals surface area contributed by atoms with Crippen molar-refractivity contribution in [2.45, 2.75) is 38.8 Å².